The van der Waals surface area contributed by atoms with Crippen LogP contribution in [-0.4, -0.2) is 88.8 Å². The fourth-order valence-electron chi connectivity index (χ4n) is 6.60. The maximum absolute atomic E-state index is 15.3. The van der Waals surface area contributed by atoms with Gasteiger partial charge in [-0.2, -0.15) is 0 Å². The van der Waals surface area contributed by atoms with Crippen molar-refractivity contribution in [2.45, 2.75) is 50.8 Å². The Morgan fingerprint density at radius 2 is 1.93 bits per heavy atom. The van der Waals surface area contributed by atoms with E-state index in [2.05, 4.69) is 22.1 Å². The predicted octanol–water partition coefficient (Wildman–Crippen LogP) is 2.89. The smallest absolute Gasteiger partial charge is 0.267 e. The summed E-state index contributed by atoms with van der Waals surface area (Å²) in [6.07, 6.45) is 3.90. The minimum Gasteiger partial charge on any atom is -0.390 e. The number of alkyl halides is 2. The van der Waals surface area contributed by atoms with Gasteiger partial charge in [-0.15, -0.1) is 0 Å². The number of carbonyl (C=O) groups excluding carboxylic acids is 2. The molecule has 5 aliphatic rings. The number of amides is 2. The van der Waals surface area contributed by atoms with Crippen LogP contribution in [0.25, 0.3) is 0 Å². The molecule has 3 heterocycles. The number of ether oxygens (including phenoxy) is 1. The Labute approximate surface area is 253 Å². The van der Waals surface area contributed by atoms with Crippen molar-refractivity contribution in [2.24, 2.45) is 11.8 Å². The zero-order valence-corrected chi connectivity index (χ0v) is 24.5. The summed E-state index contributed by atoms with van der Waals surface area (Å²) in [6, 6.07) is 2.74. The Bertz CT molecular complexity index is 1530. The molecule has 3 fully saturated rings. The van der Waals surface area contributed by atoms with E-state index in [4.69, 9.17) is 4.74 Å². The summed E-state index contributed by atoms with van der Waals surface area (Å²) < 4.78 is 63.5. The van der Waals surface area contributed by atoms with Crippen LogP contribution in [0, 0.1) is 35.3 Å². The Balaban J connectivity index is 1.21. The summed E-state index contributed by atoms with van der Waals surface area (Å²) in [5, 5.41) is 16.8. The van der Waals surface area contributed by atoms with Crippen LogP contribution in [0.15, 0.2) is 47.2 Å². The second kappa shape index (κ2) is 11.5. The zero-order valence-electron chi connectivity index (χ0n) is 24.5. The lowest BCUT2D eigenvalue weighted by molar-refractivity contribution is -0.204. The number of nitrogens with zero attached hydrogens (tertiary/aromatic N) is 3. The van der Waals surface area contributed by atoms with E-state index in [0.29, 0.717) is 57.8 Å². The molecule has 2 amide bonds. The first-order valence-corrected chi connectivity index (χ1v) is 14.8. The van der Waals surface area contributed by atoms with Crippen molar-refractivity contribution in [3.63, 3.8) is 0 Å². The molecule has 3 unspecified atom stereocenters. The molecule has 1 aromatic carbocycles. The van der Waals surface area contributed by atoms with E-state index in [1.165, 1.54) is 29.3 Å². The molecule has 44 heavy (non-hydrogen) atoms. The number of aliphatic hydroxyl groups excluding tert-OH is 1. The number of benzene rings is 1. The highest BCUT2D eigenvalue weighted by atomic mass is 19.3. The van der Waals surface area contributed by atoms with Crippen molar-refractivity contribution >= 4 is 11.8 Å². The quantitative estimate of drug-likeness (QED) is 0.292. The first kappa shape index (κ1) is 30.5. The van der Waals surface area contributed by atoms with Crippen molar-refractivity contribution in [1.82, 2.24) is 20.2 Å². The van der Waals surface area contributed by atoms with Crippen molar-refractivity contribution in [2.75, 3.05) is 39.4 Å². The Hall–Kier alpha value is -3.50. The van der Waals surface area contributed by atoms with Crippen LogP contribution in [0.5, 0.6) is 0 Å². The van der Waals surface area contributed by atoms with E-state index < -0.39 is 52.9 Å². The van der Waals surface area contributed by atoms with Gasteiger partial charge in [-0.1, -0.05) is 30.1 Å². The second-order valence-corrected chi connectivity index (χ2v) is 12.2. The lowest BCUT2D eigenvalue weighted by Crippen LogP contribution is -2.70. The first-order valence-electron chi connectivity index (χ1n) is 14.8. The maximum atomic E-state index is 15.3. The van der Waals surface area contributed by atoms with Gasteiger partial charge in [0.1, 0.15) is 5.92 Å². The molecule has 0 aromatic heterocycles. The number of hydrogen-bond donors (Lipinski definition) is 2. The second-order valence-electron chi connectivity index (χ2n) is 12.2. The minimum absolute atomic E-state index is 0.0806. The van der Waals surface area contributed by atoms with Gasteiger partial charge in [0.25, 0.3) is 11.8 Å². The molecular formula is C32H34F4N4O4. The molecule has 12 heteroatoms. The van der Waals surface area contributed by atoms with E-state index in [-0.39, 0.29) is 28.9 Å². The Morgan fingerprint density at radius 1 is 1.18 bits per heavy atom. The Kier molecular flexibility index (Phi) is 7.94. The summed E-state index contributed by atoms with van der Waals surface area (Å²) in [5.74, 6) is -3.43. The number of fused-ring (bicyclic) bond motifs is 2. The Morgan fingerprint density at radius 3 is 2.66 bits per heavy atom. The van der Waals surface area contributed by atoms with Gasteiger partial charge in [0.2, 0.25) is 5.91 Å². The molecule has 0 bridgehead atoms. The van der Waals surface area contributed by atoms with Gasteiger partial charge in [0, 0.05) is 49.3 Å². The SMILES string of the molecule is CC(F)(F)C1=CC=C(NC(=O)C2C(=O)N(Cc3ccc(C#CCN4CCOCC4)c(F)c3F)N3CCCC3(C)C2O)C2=C[C@H]21. The number of carbonyl (C=O) groups is 2. The molecule has 6 rings (SSSR count). The first-order chi connectivity index (χ1) is 20.9. The summed E-state index contributed by atoms with van der Waals surface area (Å²) in [7, 11) is 0. The van der Waals surface area contributed by atoms with Gasteiger partial charge in [-0.05, 0) is 37.5 Å². The lowest BCUT2D eigenvalue weighted by atomic mass is 9.80. The number of morpholine rings is 1. The van der Waals surface area contributed by atoms with Crippen LogP contribution < -0.4 is 5.32 Å². The molecule has 1 aromatic rings. The van der Waals surface area contributed by atoms with Gasteiger partial charge < -0.3 is 15.2 Å². The van der Waals surface area contributed by atoms with Crippen molar-refractivity contribution in [3.05, 3.63) is 70.0 Å². The molecule has 0 saturated carbocycles. The van der Waals surface area contributed by atoms with Crippen molar-refractivity contribution in [3.8, 4) is 11.8 Å². The number of hydrogen-bond acceptors (Lipinski definition) is 6. The fraction of sp³-hybridized carbons (Fsp3) is 0.500. The number of hydrazine groups is 1. The highest BCUT2D eigenvalue weighted by Gasteiger charge is 2.58. The van der Waals surface area contributed by atoms with Gasteiger partial charge in [-0.25, -0.2) is 22.6 Å². The zero-order chi connectivity index (χ0) is 31.4. The molecule has 3 aliphatic heterocycles. The topological polar surface area (TPSA) is 85.4 Å². The van der Waals surface area contributed by atoms with Crippen molar-refractivity contribution in [1.29, 1.82) is 0 Å². The van der Waals surface area contributed by atoms with E-state index in [1.807, 2.05) is 0 Å². The van der Waals surface area contributed by atoms with Crippen LogP contribution in [0.3, 0.4) is 0 Å². The average molecular weight is 615 g/mol. The predicted molar refractivity (Wildman–Crippen MR) is 151 cm³/mol. The maximum Gasteiger partial charge on any atom is 0.267 e. The van der Waals surface area contributed by atoms with Gasteiger partial charge in [0.05, 0.1) is 43.5 Å². The molecule has 0 radical (unpaired) electrons. The summed E-state index contributed by atoms with van der Waals surface area (Å²) in [5.41, 5.74) is -0.491. The third-order valence-electron chi connectivity index (χ3n) is 9.21. The average Bonchev–Trinajstić information content (AvgIpc) is 3.69. The van der Waals surface area contributed by atoms with Gasteiger partial charge >= 0.3 is 0 Å². The molecule has 4 atom stereocenters. The van der Waals surface area contributed by atoms with Crippen LogP contribution in [-0.2, 0) is 20.9 Å². The standard InChI is InChI=1S/C32H34F4N4O4/c1-31-10-4-12-40(31)39(18-20-7-6-19(26(33)27(20)34)5-3-11-38-13-15-44-16-14-38)30(43)25(28(31)41)29(42)37-24-9-8-23(32(2,35)36)21-17-22(21)24/h6-9,17,21,25,28,41H,4,10-16,18H2,1-2H3,(H,37,42)/t21-,25?,28?,31?/m1/s1. The highest BCUT2D eigenvalue weighted by molar-refractivity contribution is 6.02. The third-order valence-corrected chi connectivity index (χ3v) is 9.21. The molecule has 234 valence electrons. The van der Waals surface area contributed by atoms with E-state index in [0.717, 1.165) is 6.92 Å². The van der Waals surface area contributed by atoms with E-state index in [1.54, 1.807) is 18.0 Å². The van der Waals surface area contributed by atoms with Crippen molar-refractivity contribution < 1.29 is 37.0 Å². The molecule has 3 saturated heterocycles. The monoisotopic (exact) mass is 614 g/mol. The number of nitrogens with one attached hydrogen (secondary N) is 1. The molecule has 2 aliphatic carbocycles. The molecule has 2 N–H and O–H groups in total. The normalized spacial score (nSPS) is 28.7. The van der Waals surface area contributed by atoms with Gasteiger partial charge in [0.15, 0.2) is 11.6 Å². The lowest BCUT2D eigenvalue weighted by Gasteiger charge is -2.52. The molecule has 8 nitrogen and oxygen atoms in total. The summed E-state index contributed by atoms with van der Waals surface area (Å²) in [6.45, 7) is 5.56. The fourth-order valence-corrected chi connectivity index (χ4v) is 6.60. The number of halogens is 4. The summed E-state index contributed by atoms with van der Waals surface area (Å²) in [4.78, 5) is 29.4. The minimum atomic E-state index is -3.02. The van der Waals surface area contributed by atoms with Crippen LogP contribution >= 0.6 is 0 Å². The summed E-state index contributed by atoms with van der Waals surface area (Å²) >= 11 is 0. The van der Waals surface area contributed by atoms with E-state index in [9.17, 15) is 23.5 Å². The van der Waals surface area contributed by atoms with E-state index >= 15 is 8.78 Å². The largest absolute Gasteiger partial charge is 0.390 e. The van der Waals surface area contributed by atoms with Gasteiger partial charge in [-0.3, -0.25) is 19.5 Å². The van der Waals surface area contributed by atoms with Crippen LogP contribution in [0.1, 0.15) is 37.8 Å². The van der Waals surface area contributed by atoms with Crippen LogP contribution in [0.4, 0.5) is 17.6 Å². The third kappa shape index (κ3) is 5.47. The number of allylic oxidation sites excluding steroid dienone is 5. The number of aliphatic hydroxyl groups is 1. The van der Waals surface area contributed by atoms with Crippen LogP contribution in [0.2, 0.25) is 0 Å². The highest BCUT2D eigenvalue weighted by Crippen LogP contribution is 2.48. The molecular weight excluding hydrogens is 580 g/mol. The molecule has 0 spiro atoms. The number of rotatable bonds is 6.